The minimum Gasteiger partial charge on any atom is -0.481 e. The Morgan fingerprint density at radius 3 is 2.84 bits per heavy atom. The standard InChI is InChI=1S/C11H7BrF2N2O3/c12-9-5(1-2-6(13)10(9)14)11-15-7(19-16-11)3-4-8(17)18/h1-2H,3-4H2,(H,17,18). The van der Waals surface area contributed by atoms with E-state index in [1.165, 1.54) is 6.07 Å². The van der Waals surface area contributed by atoms with Crippen LogP contribution in [0, 0.1) is 11.6 Å². The molecule has 0 amide bonds. The molecule has 19 heavy (non-hydrogen) atoms. The van der Waals surface area contributed by atoms with E-state index >= 15 is 0 Å². The molecule has 2 aromatic rings. The number of hydrogen-bond donors (Lipinski definition) is 1. The molecule has 5 nitrogen and oxygen atoms in total. The molecule has 0 unspecified atom stereocenters. The fourth-order valence-electron chi connectivity index (χ4n) is 1.38. The number of rotatable bonds is 4. The predicted octanol–water partition coefficient (Wildman–Crippen LogP) is 2.79. The molecular weight excluding hydrogens is 326 g/mol. The first-order chi connectivity index (χ1) is 8.99. The van der Waals surface area contributed by atoms with Gasteiger partial charge in [0, 0.05) is 12.0 Å². The normalized spacial score (nSPS) is 10.7. The van der Waals surface area contributed by atoms with Gasteiger partial charge in [-0.15, -0.1) is 0 Å². The zero-order valence-electron chi connectivity index (χ0n) is 9.36. The van der Waals surface area contributed by atoms with Gasteiger partial charge in [-0.3, -0.25) is 4.79 Å². The molecule has 0 spiro atoms. The van der Waals surface area contributed by atoms with E-state index in [1.54, 1.807) is 0 Å². The molecule has 0 aliphatic heterocycles. The molecule has 0 aliphatic rings. The summed E-state index contributed by atoms with van der Waals surface area (Å²) in [5, 5.41) is 12.1. The number of aryl methyl sites for hydroxylation is 1. The van der Waals surface area contributed by atoms with Crippen LogP contribution in [0.1, 0.15) is 12.3 Å². The zero-order valence-corrected chi connectivity index (χ0v) is 10.9. The van der Waals surface area contributed by atoms with Crippen LogP contribution in [0.3, 0.4) is 0 Å². The summed E-state index contributed by atoms with van der Waals surface area (Å²) in [7, 11) is 0. The Morgan fingerprint density at radius 2 is 2.16 bits per heavy atom. The summed E-state index contributed by atoms with van der Waals surface area (Å²) < 4.78 is 31.0. The summed E-state index contributed by atoms with van der Waals surface area (Å²) in [6.45, 7) is 0. The molecule has 0 atom stereocenters. The first kappa shape index (κ1) is 13.6. The maximum atomic E-state index is 13.4. The smallest absolute Gasteiger partial charge is 0.303 e. The summed E-state index contributed by atoms with van der Waals surface area (Å²) >= 11 is 2.91. The second-order valence-electron chi connectivity index (χ2n) is 3.63. The molecule has 1 heterocycles. The molecule has 1 aromatic heterocycles. The van der Waals surface area contributed by atoms with E-state index < -0.39 is 17.6 Å². The van der Waals surface area contributed by atoms with Crippen molar-refractivity contribution in [2.24, 2.45) is 0 Å². The van der Waals surface area contributed by atoms with Gasteiger partial charge in [-0.25, -0.2) is 8.78 Å². The van der Waals surface area contributed by atoms with Crippen LogP contribution in [0.25, 0.3) is 11.4 Å². The number of hydrogen-bond acceptors (Lipinski definition) is 4. The van der Waals surface area contributed by atoms with E-state index in [9.17, 15) is 13.6 Å². The number of halogens is 3. The van der Waals surface area contributed by atoms with Gasteiger partial charge in [0.05, 0.1) is 10.9 Å². The van der Waals surface area contributed by atoms with Gasteiger partial charge in [0.2, 0.25) is 11.7 Å². The minimum atomic E-state index is -1.05. The first-order valence-corrected chi connectivity index (χ1v) is 5.96. The lowest BCUT2D eigenvalue weighted by molar-refractivity contribution is -0.137. The van der Waals surface area contributed by atoms with Crippen molar-refractivity contribution >= 4 is 21.9 Å². The second-order valence-corrected chi connectivity index (χ2v) is 4.42. The van der Waals surface area contributed by atoms with Gasteiger partial charge in [-0.1, -0.05) is 5.16 Å². The van der Waals surface area contributed by atoms with Crippen LogP contribution in [-0.4, -0.2) is 21.2 Å². The Balaban J connectivity index is 2.28. The van der Waals surface area contributed by atoms with Gasteiger partial charge in [0.1, 0.15) is 0 Å². The highest BCUT2D eigenvalue weighted by Crippen LogP contribution is 2.29. The van der Waals surface area contributed by atoms with Gasteiger partial charge in [0.15, 0.2) is 11.6 Å². The molecule has 1 aromatic carbocycles. The van der Waals surface area contributed by atoms with Gasteiger partial charge >= 0.3 is 5.97 Å². The molecule has 0 saturated heterocycles. The van der Waals surface area contributed by atoms with Crippen molar-refractivity contribution in [3.8, 4) is 11.4 Å². The highest BCUT2D eigenvalue weighted by molar-refractivity contribution is 9.10. The molecule has 100 valence electrons. The number of benzene rings is 1. The molecular formula is C11H7BrF2N2O3. The quantitative estimate of drug-likeness (QED) is 0.871. The second kappa shape index (κ2) is 5.43. The number of carbonyl (C=O) groups is 1. The Kier molecular flexibility index (Phi) is 3.89. The molecule has 8 heteroatoms. The maximum absolute atomic E-state index is 13.4. The van der Waals surface area contributed by atoms with Crippen LogP contribution in [-0.2, 0) is 11.2 Å². The molecule has 0 radical (unpaired) electrons. The lowest BCUT2D eigenvalue weighted by Crippen LogP contribution is -1.97. The Hall–Kier alpha value is -1.83. The third-order valence-electron chi connectivity index (χ3n) is 2.30. The molecule has 2 rings (SSSR count). The maximum Gasteiger partial charge on any atom is 0.303 e. The van der Waals surface area contributed by atoms with Crippen molar-refractivity contribution in [3.05, 3.63) is 34.1 Å². The third kappa shape index (κ3) is 2.95. The zero-order chi connectivity index (χ0) is 14.0. The lowest BCUT2D eigenvalue weighted by atomic mass is 10.2. The van der Waals surface area contributed by atoms with Crippen molar-refractivity contribution in [2.45, 2.75) is 12.8 Å². The van der Waals surface area contributed by atoms with Crippen molar-refractivity contribution in [2.75, 3.05) is 0 Å². The van der Waals surface area contributed by atoms with Crippen LogP contribution in [0.2, 0.25) is 0 Å². The SMILES string of the molecule is O=C(O)CCc1nc(-c2ccc(F)c(F)c2Br)no1. The van der Waals surface area contributed by atoms with E-state index in [1.807, 2.05) is 0 Å². The van der Waals surface area contributed by atoms with Crippen LogP contribution in [0.15, 0.2) is 21.1 Å². The number of aliphatic carboxylic acids is 1. The molecule has 0 bridgehead atoms. The van der Waals surface area contributed by atoms with Crippen LogP contribution in [0.4, 0.5) is 8.78 Å². The first-order valence-electron chi connectivity index (χ1n) is 5.17. The summed E-state index contributed by atoms with van der Waals surface area (Å²) in [5.41, 5.74) is 0.226. The van der Waals surface area contributed by atoms with Crippen molar-refractivity contribution in [3.63, 3.8) is 0 Å². The van der Waals surface area contributed by atoms with E-state index in [0.29, 0.717) is 0 Å². The summed E-state index contributed by atoms with van der Waals surface area (Å²) in [6.07, 6.45) is -0.0792. The molecule has 0 fully saturated rings. The van der Waals surface area contributed by atoms with E-state index in [2.05, 4.69) is 26.1 Å². The van der Waals surface area contributed by atoms with Gasteiger partial charge in [-0.2, -0.15) is 4.98 Å². The minimum absolute atomic E-state index is 0.0613. The van der Waals surface area contributed by atoms with E-state index in [-0.39, 0.29) is 34.6 Å². The number of carboxylic acid groups (broad SMARTS) is 1. The van der Waals surface area contributed by atoms with Crippen LogP contribution in [0.5, 0.6) is 0 Å². The highest BCUT2D eigenvalue weighted by Gasteiger charge is 2.17. The Morgan fingerprint density at radius 1 is 1.42 bits per heavy atom. The third-order valence-corrected chi connectivity index (χ3v) is 3.07. The van der Waals surface area contributed by atoms with Crippen molar-refractivity contribution in [1.82, 2.24) is 10.1 Å². The van der Waals surface area contributed by atoms with E-state index in [0.717, 1.165) is 6.07 Å². The molecule has 1 N–H and O–H groups in total. The number of carboxylic acids is 1. The lowest BCUT2D eigenvalue weighted by Gasteiger charge is -2.00. The fourth-order valence-corrected chi connectivity index (χ4v) is 1.88. The summed E-state index contributed by atoms with van der Waals surface area (Å²) in [4.78, 5) is 14.3. The Labute approximate surface area is 114 Å². The van der Waals surface area contributed by atoms with Gasteiger partial charge < -0.3 is 9.63 Å². The van der Waals surface area contributed by atoms with Crippen molar-refractivity contribution in [1.29, 1.82) is 0 Å². The number of aromatic nitrogens is 2. The summed E-state index contributed by atoms with van der Waals surface area (Å²) in [6, 6.07) is 2.25. The highest BCUT2D eigenvalue weighted by atomic mass is 79.9. The molecule has 0 saturated carbocycles. The number of nitrogens with zero attached hydrogens (tertiary/aromatic N) is 2. The van der Waals surface area contributed by atoms with Crippen molar-refractivity contribution < 1.29 is 23.2 Å². The van der Waals surface area contributed by atoms with Crippen LogP contribution < -0.4 is 0 Å². The Bertz CT molecular complexity index is 630. The average molecular weight is 333 g/mol. The summed E-state index contributed by atoms with van der Waals surface area (Å²) in [5.74, 6) is -2.85. The largest absolute Gasteiger partial charge is 0.481 e. The van der Waals surface area contributed by atoms with Gasteiger partial charge in [0.25, 0.3) is 0 Å². The topological polar surface area (TPSA) is 76.2 Å². The van der Waals surface area contributed by atoms with Crippen LogP contribution >= 0.6 is 15.9 Å². The fraction of sp³-hybridized carbons (Fsp3) is 0.182. The molecule has 0 aliphatic carbocycles. The van der Waals surface area contributed by atoms with Gasteiger partial charge in [-0.05, 0) is 28.1 Å². The predicted molar refractivity (Wildman–Crippen MR) is 63.3 cm³/mol. The monoisotopic (exact) mass is 332 g/mol. The average Bonchev–Trinajstić information content (AvgIpc) is 2.82. The van der Waals surface area contributed by atoms with E-state index in [4.69, 9.17) is 9.63 Å².